The lowest BCUT2D eigenvalue weighted by molar-refractivity contribution is 0.0988. The van der Waals surface area contributed by atoms with Gasteiger partial charge < -0.3 is 10.6 Å². The molecule has 0 aliphatic rings. The maximum absolute atomic E-state index is 12.3. The molecule has 2 rings (SSSR count). The van der Waals surface area contributed by atoms with Crippen molar-refractivity contribution in [2.75, 3.05) is 17.2 Å². The normalized spacial score (nSPS) is 10.1. The van der Waals surface area contributed by atoms with Crippen LogP contribution in [0, 0.1) is 0 Å². The standard InChI is InChI=1S/C14H15N3O/c1-2-17(13-5-3-12(15)4-6-13)14(18)11-7-9-16-10-8-11/h3-10H,2,15H2,1H3. The summed E-state index contributed by atoms with van der Waals surface area (Å²) in [5, 5.41) is 0. The van der Waals surface area contributed by atoms with Crippen molar-refractivity contribution >= 4 is 17.3 Å². The van der Waals surface area contributed by atoms with Crippen molar-refractivity contribution in [3.05, 3.63) is 54.4 Å². The van der Waals surface area contributed by atoms with Crippen molar-refractivity contribution < 1.29 is 4.79 Å². The van der Waals surface area contributed by atoms with Crippen molar-refractivity contribution in [1.82, 2.24) is 4.98 Å². The van der Waals surface area contributed by atoms with Crippen LogP contribution in [0.25, 0.3) is 0 Å². The summed E-state index contributed by atoms with van der Waals surface area (Å²) < 4.78 is 0. The molecular formula is C14H15N3O. The molecule has 0 bridgehead atoms. The minimum Gasteiger partial charge on any atom is -0.399 e. The number of nitrogen functional groups attached to an aromatic ring is 1. The molecular weight excluding hydrogens is 226 g/mol. The largest absolute Gasteiger partial charge is 0.399 e. The van der Waals surface area contributed by atoms with Gasteiger partial charge in [0, 0.05) is 35.9 Å². The molecule has 0 spiro atoms. The van der Waals surface area contributed by atoms with Gasteiger partial charge in [-0.2, -0.15) is 0 Å². The van der Waals surface area contributed by atoms with Crippen LogP contribution in [0.15, 0.2) is 48.8 Å². The highest BCUT2D eigenvalue weighted by Crippen LogP contribution is 2.18. The van der Waals surface area contributed by atoms with Crippen LogP contribution in [0.4, 0.5) is 11.4 Å². The third-order valence-electron chi connectivity index (χ3n) is 2.69. The molecule has 0 fully saturated rings. The Bertz CT molecular complexity index is 522. The SMILES string of the molecule is CCN(C(=O)c1ccncc1)c1ccc(N)cc1. The van der Waals surface area contributed by atoms with Gasteiger partial charge >= 0.3 is 0 Å². The third kappa shape index (κ3) is 2.48. The number of hydrogen-bond donors (Lipinski definition) is 1. The Morgan fingerprint density at radius 1 is 1.17 bits per heavy atom. The van der Waals surface area contributed by atoms with Gasteiger partial charge in [-0.25, -0.2) is 0 Å². The fourth-order valence-electron chi connectivity index (χ4n) is 1.75. The Kier molecular flexibility index (Phi) is 3.57. The Morgan fingerprint density at radius 2 is 1.78 bits per heavy atom. The molecule has 2 N–H and O–H groups in total. The number of nitrogens with two attached hydrogens (primary N) is 1. The van der Waals surface area contributed by atoms with Crippen LogP contribution in [0.2, 0.25) is 0 Å². The summed E-state index contributed by atoms with van der Waals surface area (Å²) >= 11 is 0. The van der Waals surface area contributed by atoms with Gasteiger partial charge in [0.2, 0.25) is 0 Å². The minimum atomic E-state index is -0.0373. The molecule has 0 radical (unpaired) electrons. The van der Waals surface area contributed by atoms with Crippen molar-refractivity contribution in [3.63, 3.8) is 0 Å². The lowest BCUT2D eigenvalue weighted by Gasteiger charge is -2.21. The number of hydrogen-bond acceptors (Lipinski definition) is 3. The highest BCUT2D eigenvalue weighted by molar-refractivity contribution is 6.06. The average molecular weight is 241 g/mol. The summed E-state index contributed by atoms with van der Waals surface area (Å²) in [5.74, 6) is -0.0373. The van der Waals surface area contributed by atoms with E-state index in [2.05, 4.69) is 4.98 Å². The molecule has 4 heteroatoms. The summed E-state index contributed by atoms with van der Waals surface area (Å²) in [4.78, 5) is 17.9. The third-order valence-corrected chi connectivity index (χ3v) is 2.69. The number of pyridine rings is 1. The molecule has 1 heterocycles. The number of carbonyl (C=O) groups excluding carboxylic acids is 1. The molecule has 0 unspecified atom stereocenters. The second kappa shape index (κ2) is 5.31. The molecule has 2 aromatic rings. The molecule has 92 valence electrons. The molecule has 18 heavy (non-hydrogen) atoms. The van der Waals surface area contributed by atoms with E-state index < -0.39 is 0 Å². The Labute approximate surface area is 106 Å². The zero-order chi connectivity index (χ0) is 13.0. The van der Waals surface area contributed by atoms with Crippen molar-refractivity contribution in [2.45, 2.75) is 6.92 Å². The number of aromatic nitrogens is 1. The van der Waals surface area contributed by atoms with Crippen molar-refractivity contribution in [2.24, 2.45) is 0 Å². The zero-order valence-electron chi connectivity index (χ0n) is 10.2. The first-order chi connectivity index (χ1) is 8.72. The molecule has 4 nitrogen and oxygen atoms in total. The van der Waals surface area contributed by atoms with E-state index in [4.69, 9.17) is 5.73 Å². The van der Waals surface area contributed by atoms with Gasteiger partial charge in [-0.1, -0.05) is 0 Å². The van der Waals surface area contributed by atoms with E-state index in [9.17, 15) is 4.79 Å². The summed E-state index contributed by atoms with van der Waals surface area (Å²) in [6.07, 6.45) is 3.23. The van der Waals surface area contributed by atoms with Crippen LogP contribution in [0.1, 0.15) is 17.3 Å². The predicted molar refractivity (Wildman–Crippen MR) is 72.4 cm³/mol. The van der Waals surface area contributed by atoms with Gasteiger partial charge in [-0.15, -0.1) is 0 Å². The van der Waals surface area contributed by atoms with Crippen molar-refractivity contribution in [3.8, 4) is 0 Å². The first-order valence-electron chi connectivity index (χ1n) is 5.80. The second-order valence-electron chi connectivity index (χ2n) is 3.88. The van der Waals surface area contributed by atoms with Crippen LogP contribution < -0.4 is 10.6 Å². The summed E-state index contributed by atoms with van der Waals surface area (Å²) in [6, 6.07) is 10.7. The van der Waals surface area contributed by atoms with Gasteiger partial charge in [0.15, 0.2) is 0 Å². The Morgan fingerprint density at radius 3 is 2.33 bits per heavy atom. The minimum absolute atomic E-state index is 0.0373. The van der Waals surface area contributed by atoms with E-state index >= 15 is 0 Å². The molecule has 0 saturated heterocycles. The molecule has 1 amide bonds. The number of carbonyl (C=O) groups is 1. The molecule has 0 saturated carbocycles. The topological polar surface area (TPSA) is 59.2 Å². The van der Waals surface area contributed by atoms with Gasteiger partial charge in [-0.05, 0) is 43.3 Å². The maximum atomic E-state index is 12.3. The summed E-state index contributed by atoms with van der Waals surface area (Å²) in [5.41, 5.74) is 7.80. The molecule has 0 aliphatic heterocycles. The Hall–Kier alpha value is -2.36. The molecule has 1 aromatic heterocycles. The monoisotopic (exact) mass is 241 g/mol. The van der Waals surface area contributed by atoms with Crippen molar-refractivity contribution in [1.29, 1.82) is 0 Å². The summed E-state index contributed by atoms with van der Waals surface area (Å²) in [7, 11) is 0. The highest BCUT2D eigenvalue weighted by atomic mass is 16.2. The summed E-state index contributed by atoms with van der Waals surface area (Å²) in [6.45, 7) is 2.54. The predicted octanol–water partition coefficient (Wildman–Crippen LogP) is 2.33. The van der Waals surface area contributed by atoms with E-state index in [1.165, 1.54) is 0 Å². The van der Waals surface area contributed by atoms with E-state index in [1.807, 2.05) is 19.1 Å². The lowest BCUT2D eigenvalue weighted by atomic mass is 10.2. The maximum Gasteiger partial charge on any atom is 0.258 e. The van der Waals surface area contributed by atoms with Gasteiger partial charge in [-0.3, -0.25) is 9.78 Å². The zero-order valence-corrected chi connectivity index (χ0v) is 10.2. The van der Waals surface area contributed by atoms with Crippen LogP contribution in [-0.2, 0) is 0 Å². The van der Waals surface area contributed by atoms with Gasteiger partial charge in [0.05, 0.1) is 0 Å². The lowest BCUT2D eigenvalue weighted by Crippen LogP contribution is -2.30. The first-order valence-corrected chi connectivity index (χ1v) is 5.80. The fourth-order valence-corrected chi connectivity index (χ4v) is 1.75. The van der Waals surface area contributed by atoms with E-state index in [0.29, 0.717) is 17.8 Å². The van der Waals surface area contributed by atoms with Crippen LogP contribution in [0.3, 0.4) is 0 Å². The Balaban J connectivity index is 2.29. The number of benzene rings is 1. The molecule has 1 aromatic carbocycles. The van der Waals surface area contributed by atoms with Gasteiger partial charge in [0.1, 0.15) is 0 Å². The van der Waals surface area contributed by atoms with Gasteiger partial charge in [0.25, 0.3) is 5.91 Å². The van der Waals surface area contributed by atoms with E-state index in [-0.39, 0.29) is 5.91 Å². The fraction of sp³-hybridized carbons (Fsp3) is 0.143. The average Bonchev–Trinajstić information content (AvgIpc) is 2.42. The quantitative estimate of drug-likeness (QED) is 0.839. The molecule has 0 atom stereocenters. The number of rotatable bonds is 3. The van der Waals surface area contributed by atoms with Crippen LogP contribution in [-0.4, -0.2) is 17.4 Å². The van der Waals surface area contributed by atoms with Crippen LogP contribution in [0.5, 0.6) is 0 Å². The number of anilines is 2. The number of amides is 1. The first kappa shape index (κ1) is 12.1. The smallest absolute Gasteiger partial charge is 0.258 e. The molecule has 0 aliphatic carbocycles. The number of nitrogens with zero attached hydrogens (tertiary/aromatic N) is 2. The van der Waals surface area contributed by atoms with E-state index in [1.54, 1.807) is 41.6 Å². The van der Waals surface area contributed by atoms with Crippen LogP contribution >= 0.6 is 0 Å². The highest BCUT2D eigenvalue weighted by Gasteiger charge is 2.15. The second-order valence-corrected chi connectivity index (χ2v) is 3.88. The van der Waals surface area contributed by atoms with E-state index in [0.717, 1.165) is 5.69 Å².